The van der Waals surface area contributed by atoms with Gasteiger partial charge in [0.15, 0.2) is 18.5 Å². The molecule has 0 spiro atoms. The van der Waals surface area contributed by atoms with Crippen molar-refractivity contribution in [3.63, 3.8) is 0 Å². The standard InChI is InChI=1S/C18H17ClN2O4S/c1-9-11(3)26-18-15(9)17(23)20-16(21-18)10(2)25-14(22)8-24-13-6-4-5-12(19)7-13/h4-7,10H,8H2,1-3H3,(H,20,21,23)/t10-/m1/s1. The third kappa shape index (κ3) is 3.89. The fourth-order valence-electron chi connectivity index (χ4n) is 2.45. The minimum absolute atomic E-state index is 0.232. The van der Waals surface area contributed by atoms with Crippen LogP contribution < -0.4 is 10.3 Å². The van der Waals surface area contributed by atoms with E-state index in [9.17, 15) is 9.59 Å². The molecule has 8 heteroatoms. The molecule has 2 aromatic heterocycles. The van der Waals surface area contributed by atoms with E-state index in [1.54, 1.807) is 31.2 Å². The Morgan fingerprint density at radius 3 is 2.88 bits per heavy atom. The molecule has 136 valence electrons. The molecule has 1 N–H and O–H groups in total. The highest BCUT2D eigenvalue weighted by atomic mass is 35.5. The average Bonchev–Trinajstić information content (AvgIpc) is 2.87. The highest BCUT2D eigenvalue weighted by molar-refractivity contribution is 7.18. The molecule has 26 heavy (non-hydrogen) atoms. The maximum atomic E-state index is 12.3. The number of esters is 1. The van der Waals surface area contributed by atoms with Crippen molar-refractivity contribution in [2.75, 3.05) is 6.61 Å². The molecule has 1 aromatic carbocycles. The molecule has 0 aliphatic heterocycles. The normalized spacial score (nSPS) is 12.2. The number of benzene rings is 1. The van der Waals surface area contributed by atoms with Gasteiger partial charge >= 0.3 is 5.97 Å². The number of halogens is 1. The van der Waals surface area contributed by atoms with Gasteiger partial charge in [-0.3, -0.25) is 4.79 Å². The lowest BCUT2D eigenvalue weighted by molar-refractivity contribution is -0.151. The number of rotatable bonds is 5. The van der Waals surface area contributed by atoms with E-state index in [0.717, 1.165) is 10.4 Å². The Hall–Kier alpha value is -2.38. The molecular weight excluding hydrogens is 376 g/mol. The number of nitrogens with one attached hydrogen (secondary N) is 1. The second-order valence-corrected chi connectivity index (χ2v) is 7.43. The average molecular weight is 393 g/mol. The van der Waals surface area contributed by atoms with Crippen molar-refractivity contribution in [3.8, 4) is 5.75 Å². The first-order valence-electron chi connectivity index (χ1n) is 7.93. The number of carbonyl (C=O) groups excluding carboxylic acids is 1. The van der Waals surface area contributed by atoms with E-state index >= 15 is 0 Å². The summed E-state index contributed by atoms with van der Waals surface area (Å²) in [6.07, 6.45) is -0.703. The number of fused-ring (bicyclic) bond motifs is 1. The van der Waals surface area contributed by atoms with Crippen molar-refractivity contribution < 1.29 is 14.3 Å². The smallest absolute Gasteiger partial charge is 0.344 e. The second-order valence-electron chi connectivity index (χ2n) is 5.79. The van der Waals surface area contributed by atoms with E-state index in [4.69, 9.17) is 21.1 Å². The van der Waals surface area contributed by atoms with Crippen LogP contribution in [0.2, 0.25) is 5.02 Å². The van der Waals surface area contributed by atoms with Crippen molar-refractivity contribution in [2.45, 2.75) is 26.9 Å². The molecule has 3 rings (SSSR count). The molecule has 1 atom stereocenters. The minimum atomic E-state index is -0.703. The van der Waals surface area contributed by atoms with Gasteiger partial charge < -0.3 is 14.5 Å². The van der Waals surface area contributed by atoms with E-state index in [-0.39, 0.29) is 12.2 Å². The van der Waals surface area contributed by atoms with Crippen LogP contribution in [0.3, 0.4) is 0 Å². The van der Waals surface area contributed by atoms with Crippen molar-refractivity contribution in [3.05, 3.63) is 55.9 Å². The van der Waals surface area contributed by atoms with E-state index in [1.807, 2.05) is 13.8 Å². The Morgan fingerprint density at radius 2 is 2.15 bits per heavy atom. The predicted octanol–water partition coefficient (Wildman–Crippen LogP) is 3.94. The number of hydrogen-bond donors (Lipinski definition) is 1. The molecule has 6 nitrogen and oxygen atoms in total. The zero-order valence-electron chi connectivity index (χ0n) is 14.5. The van der Waals surface area contributed by atoms with Crippen LogP contribution in [-0.4, -0.2) is 22.5 Å². The number of aryl methyl sites for hydroxylation is 2. The molecular formula is C18H17ClN2O4S. The molecule has 0 aliphatic rings. The number of H-pyrrole nitrogens is 1. The molecule has 0 unspecified atom stereocenters. The van der Waals surface area contributed by atoms with Gasteiger partial charge in [-0.25, -0.2) is 9.78 Å². The van der Waals surface area contributed by atoms with Gasteiger partial charge in [-0.15, -0.1) is 11.3 Å². The molecule has 0 fully saturated rings. The van der Waals surface area contributed by atoms with Crippen LogP contribution in [-0.2, 0) is 9.53 Å². The van der Waals surface area contributed by atoms with E-state index in [2.05, 4.69) is 9.97 Å². The zero-order valence-corrected chi connectivity index (χ0v) is 16.0. The van der Waals surface area contributed by atoms with Crippen molar-refractivity contribution >= 4 is 39.1 Å². The Balaban J connectivity index is 1.69. The van der Waals surface area contributed by atoms with Crippen molar-refractivity contribution in [2.24, 2.45) is 0 Å². The summed E-state index contributed by atoms with van der Waals surface area (Å²) in [6.45, 7) is 5.21. The van der Waals surface area contributed by atoms with Crippen molar-refractivity contribution in [1.29, 1.82) is 0 Å². The topological polar surface area (TPSA) is 81.3 Å². The number of aromatic nitrogens is 2. The Morgan fingerprint density at radius 1 is 1.38 bits per heavy atom. The van der Waals surface area contributed by atoms with Crippen LogP contribution in [0.5, 0.6) is 5.75 Å². The summed E-state index contributed by atoms with van der Waals surface area (Å²) in [6, 6.07) is 6.73. The van der Waals surface area contributed by atoms with Gasteiger partial charge in [0.1, 0.15) is 10.6 Å². The quantitative estimate of drug-likeness (QED) is 0.665. The first-order chi connectivity index (χ1) is 12.3. The lowest BCUT2D eigenvalue weighted by Gasteiger charge is -2.13. The van der Waals surface area contributed by atoms with Crippen LogP contribution in [0.15, 0.2) is 29.1 Å². The van der Waals surface area contributed by atoms with E-state index in [0.29, 0.717) is 26.8 Å². The predicted molar refractivity (Wildman–Crippen MR) is 101 cm³/mol. The van der Waals surface area contributed by atoms with Crippen molar-refractivity contribution in [1.82, 2.24) is 9.97 Å². The molecule has 3 aromatic rings. The number of hydrogen-bond acceptors (Lipinski definition) is 6. The first kappa shape index (κ1) is 18.4. The van der Waals surface area contributed by atoms with Gasteiger partial charge in [0.2, 0.25) is 0 Å². The molecule has 0 amide bonds. The monoisotopic (exact) mass is 392 g/mol. The fourth-order valence-corrected chi connectivity index (χ4v) is 3.67. The maximum Gasteiger partial charge on any atom is 0.344 e. The van der Waals surface area contributed by atoms with Crippen LogP contribution in [0.1, 0.15) is 29.3 Å². The van der Waals surface area contributed by atoms with Gasteiger partial charge in [-0.05, 0) is 44.5 Å². The molecule has 0 saturated heterocycles. The summed E-state index contributed by atoms with van der Waals surface area (Å²) in [5.74, 6) is 0.207. The molecule has 0 saturated carbocycles. The molecule has 0 aliphatic carbocycles. The SMILES string of the molecule is Cc1sc2nc([C@@H](C)OC(=O)COc3cccc(Cl)c3)[nH]c(=O)c2c1C. The molecule has 0 bridgehead atoms. The zero-order chi connectivity index (χ0) is 18.8. The summed E-state index contributed by atoms with van der Waals surface area (Å²) in [5.41, 5.74) is 0.690. The highest BCUT2D eigenvalue weighted by Gasteiger charge is 2.18. The lowest BCUT2D eigenvalue weighted by Crippen LogP contribution is -2.20. The van der Waals surface area contributed by atoms with E-state index < -0.39 is 12.1 Å². The van der Waals surface area contributed by atoms with Gasteiger partial charge in [0, 0.05) is 9.90 Å². The van der Waals surface area contributed by atoms with Gasteiger partial charge in [-0.1, -0.05) is 17.7 Å². The number of thiophene rings is 1. The van der Waals surface area contributed by atoms with Gasteiger partial charge in [0.25, 0.3) is 5.56 Å². The minimum Gasteiger partial charge on any atom is -0.482 e. The molecule has 2 heterocycles. The fraction of sp³-hybridized carbons (Fsp3) is 0.278. The number of nitrogens with zero attached hydrogens (tertiary/aromatic N) is 1. The summed E-state index contributed by atoms with van der Waals surface area (Å²) >= 11 is 7.31. The Labute approximate surface area is 158 Å². The van der Waals surface area contributed by atoms with Gasteiger partial charge in [-0.2, -0.15) is 0 Å². The third-order valence-electron chi connectivity index (χ3n) is 3.90. The largest absolute Gasteiger partial charge is 0.482 e. The lowest BCUT2D eigenvalue weighted by atomic mass is 10.2. The first-order valence-corrected chi connectivity index (χ1v) is 9.12. The number of ether oxygens (including phenoxy) is 2. The summed E-state index contributed by atoms with van der Waals surface area (Å²) in [5, 5.41) is 1.10. The van der Waals surface area contributed by atoms with Crippen LogP contribution >= 0.6 is 22.9 Å². The van der Waals surface area contributed by atoms with Gasteiger partial charge in [0.05, 0.1) is 5.39 Å². The third-order valence-corrected chi connectivity index (χ3v) is 5.24. The maximum absolute atomic E-state index is 12.3. The van der Waals surface area contributed by atoms with E-state index in [1.165, 1.54) is 11.3 Å². The van der Waals surface area contributed by atoms with Crippen LogP contribution in [0.4, 0.5) is 0 Å². The Kier molecular flexibility index (Phi) is 5.29. The Bertz CT molecular complexity index is 1030. The number of carbonyl (C=O) groups is 1. The number of aromatic amines is 1. The summed E-state index contributed by atoms with van der Waals surface area (Å²) < 4.78 is 10.7. The second kappa shape index (κ2) is 7.47. The summed E-state index contributed by atoms with van der Waals surface area (Å²) in [7, 11) is 0. The van der Waals surface area contributed by atoms with Crippen LogP contribution in [0.25, 0.3) is 10.2 Å². The van der Waals surface area contributed by atoms with Crippen LogP contribution in [0, 0.1) is 13.8 Å². The highest BCUT2D eigenvalue weighted by Crippen LogP contribution is 2.27. The molecule has 0 radical (unpaired) electrons. The summed E-state index contributed by atoms with van der Waals surface area (Å²) in [4.78, 5) is 33.1.